The maximum absolute atomic E-state index is 12.7. The molecule has 0 radical (unpaired) electrons. The van der Waals surface area contributed by atoms with Gasteiger partial charge in [-0.15, -0.1) is 0 Å². The Morgan fingerprint density at radius 3 is 2.58 bits per heavy atom. The van der Waals surface area contributed by atoms with Gasteiger partial charge in [-0.3, -0.25) is 0 Å². The van der Waals surface area contributed by atoms with Gasteiger partial charge in [0.05, 0.1) is 0 Å². The van der Waals surface area contributed by atoms with Crippen molar-refractivity contribution in [2.75, 3.05) is 5.33 Å². The predicted molar refractivity (Wildman–Crippen MR) is 45.5 cm³/mol. The van der Waals surface area contributed by atoms with Gasteiger partial charge in [-0.1, -0.05) is 15.9 Å². The van der Waals surface area contributed by atoms with Crippen LogP contribution in [0.5, 0.6) is 5.75 Å². The van der Waals surface area contributed by atoms with Gasteiger partial charge in [-0.05, 0) is 12.5 Å². The molecule has 0 unspecified atom stereocenters. The summed E-state index contributed by atoms with van der Waals surface area (Å²) in [5.74, 6) is -2.04. The Labute approximate surface area is 77.2 Å². The van der Waals surface area contributed by atoms with Gasteiger partial charge in [0.2, 0.25) is 0 Å². The van der Waals surface area contributed by atoms with E-state index in [1.54, 1.807) is 0 Å². The molecule has 0 aliphatic heterocycles. The zero-order chi connectivity index (χ0) is 9.14. The average molecular weight is 237 g/mol. The van der Waals surface area contributed by atoms with Gasteiger partial charge in [0, 0.05) is 17.0 Å². The molecule has 0 saturated heterocycles. The lowest BCUT2D eigenvalue weighted by atomic mass is 10.1. The van der Waals surface area contributed by atoms with E-state index in [9.17, 15) is 8.78 Å². The second-order valence-corrected chi connectivity index (χ2v) is 3.13. The van der Waals surface area contributed by atoms with Crippen molar-refractivity contribution in [3.63, 3.8) is 0 Å². The molecule has 1 aromatic carbocycles. The van der Waals surface area contributed by atoms with Crippen molar-refractivity contribution in [2.45, 2.75) is 6.42 Å². The van der Waals surface area contributed by atoms with Gasteiger partial charge < -0.3 is 5.11 Å². The number of aryl methyl sites for hydroxylation is 1. The van der Waals surface area contributed by atoms with Gasteiger partial charge in [-0.2, -0.15) is 0 Å². The fourth-order valence-corrected chi connectivity index (χ4v) is 1.34. The molecule has 0 fully saturated rings. The quantitative estimate of drug-likeness (QED) is 0.784. The molecule has 0 amide bonds. The lowest BCUT2D eigenvalue weighted by molar-refractivity contribution is 0.422. The van der Waals surface area contributed by atoms with Gasteiger partial charge in [-0.25, -0.2) is 8.78 Å². The number of hydrogen-bond donors (Lipinski definition) is 1. The van der Waals surface area contributed by atoms with Crippen LogP contribution >= 0.6 is 15.9 Å². The van der Waals surface area contributed by atoms with E-state index < -0.39 is 17.4 Å². The monoisotopic (exact) mass is 236 g/mol. The first-order valence-electron chi connectivity index (χ1n) is 3.38. The number of phenolic OH excluding ortho intramolecular Hbond substituents is 1. The van der Waals surface area contributed by atoms with Crippen LogP contribution in [-0.2, 0) is 6.42 Å². The largest absolute Gasteiger partial charge is 0.505 e. The second-order valence-electron chi connectivity index (χ2n) is 2.33. The molecule has 1 rings (SSSR count). The van der Waals surface area contributed by atoms with Crippen LogP contribution in [0.25, 0.3) is 0 Å². The summed E-state index contributed by atoms with van der Waals surface area (Å²) in [6, 6.07) is 1.78. The van der Waals surface area contributed by atoms with E-state index >= 15 is 0 Å². The van der Waals surface area contributed by atoms with Crippen LogP contribution in [0, 0.1) is 11.6 Å². The Hall–Kier alpha value is -0.640. The minimum absolute atomic E-state index is 0.282. The Balaban J connectivity index is 3.09. The van der Waals surface area contributed by atoms with E-state index in [4.69, 9.17) is 5.11 Å². The van der Waals surface area contributed by atoms with E-state index in [1.165, 1.54) is 0 Å². The lowest BCUT2D eigenvalue weighted by Crippen LogP contribution is -1.91. The third-order valence-corrected chi connectivity index (χ3v) is 1.87. The summed E-state index contributed by atoms with van der Waals surface area (Å²) < 4.78 is 25.2. The van der Waals surface area contributed by atoms with Crippen LogP contribution in [-0.4, -0.2) is 10.4 Å². The molecule has 4 heteroatoms. The van der Waals surface area contributed by atoms with E-state index in [2.05, 4.69) is 15.9 Å². The molecule has 0 aliphatic rings. The van der Waals surface area contributed by atoms with Crippen LogP contribution in [0.2, 0.25) is 0 Å². The molecule has 0 saturated carbocycles. The average Bonchev–Trinajstić information content (AvgIpc) is 2.00. The summed E-state index contributed by atoms with van der Waals surface area (Å²) in [4.78, 5) is 0. The van der Waals surface area contributed by atoms with Crippen LogP contribution in [0.1, 0.15) is 5.56 Å². The Bertz CT molecular complexity index is 289. The summed E-state index contributed by atoms with van der Waals surface area (Å²) in [7, 11) is 0. The Morgan fingerprint density at radius 1 is 1.33 bits per heavy atom. The van der Waals surface area contributed by atoms with Crippen molar-refractivity contribution < 1.29 is 13.9 Å². The number of benzene rings is 1. The highest BCUT2D eigenvalue weighted by atomic mass is 79.9. The van der Waals surface area contributed by atoms with E-state index in [0.29, 0.717) is 17.8 Å². The number of rotatable bonds is 2. The van der Waals surface area contributed by atoms with Crippen molar-refractivity contribution in [1.82, 2.24) is 0 Å². The topological polar surface area (TPSA) is 20.2 Å². The van der Waals surface area contributed by atoms with Crippen molar-refractivity contribution >= 4 is 15.9 Å². The van der Waals surface area contributed by atoms with Crippen LogP contribution in [0.15, 0.2) is 12.1 Å². The highest BCUT2D eigenvalue weighted by Crippen LogP contribution is 2.23. The molecule has 0 aromatic heterocycles. The maximum Gasteiger partial charge on any atom is 0.168 e. The van der Waals surface area contributed by atoms with Crippen LogP contribution in [0.4, 0.5) is 8.78 Å². The molecule has 1 nitrogen and oxygen atoms in total. The summed E-state index contributed by atoms with van der Waals surface area (Å²) in [6.07, 6.45) is 0.403. The SMILES string of the molecule is Oc1c(F)cc(F)cc1CCBr. The van der Waals surface area contributed by atoms with Gasteiger partial charge in [0.1, 0.15) is 5.82 Å². The normalized spacial score (nSPS) is 10.2. The molecule has 1 aromatic rings. The maximum atomic E-state index is 12.7. The first kappa shape index (κ1) is 9.45. The minimum Gasteiger partial charge on any atom is -0.505 e. The number of alkyl halides is 1. The molecule has 0 atom stereocenters. The highest BCUT2D eigenvalue weighted by Gasteiger charge is 2.08. The van der Waals surface area contributed by atoms with E-state index in [-0.39, 0.29) is 5.56 Å². The molecule has 1 N–H and O–H groups in total. The molecule has 0 aliphatic carbocycles. The molecule has 0 spiro atoms. The second kappa shape index (κ2) is 3.85. The fraction of sp³-hybridized carbons (Fsp3) is 0.250. The first-order valence-corrected chi connectivity index (χ1v) is 4.50. The van der Waals surface area contributed by atoms with Crippen molar-refractivity contribution in [3.8, 4) is 5.75 Å². The fourth-order valence-electron chi connectivity index (χ4n) is 0.912. The van der Waals surface area contributed by atoms with Crippen LogP contribution in [0.3, 0.4) is 0 Å². The molecule has 12 heavy (non-hydrogen) atoms. The summed E-state index contributed by atoms with van der Waals surface area (Å²) in [5.41, 5.74) is 0.282. The highest BCUT2D eigenvalue weighted by molar-refractivity contribution is 9.09. The Kier molecular flexibility index (Phi) is 3.03. The number of phenols is 1. The summed E-state index contributed by atoms with van der Waals surface area (Å²) >= 11 is 3.11. The van der Waals surface area contributed by atoms with Crippen molar-refractivity contribution in [2.24, 2.45) is 0 Å². The third-order valence-electron chi connectivity index (χ3n) is 1.47. The third kappa shape index (κ3) is 1.94. The van der Waals surface area contributed by atoms with Gasteiger partial charge >= 0.3 is 0 Å². The smallest absolute Gasteiger partial charge is 0.168 e. The van der Waals surface area contributed by atoms with Crippen LogP contribution < -0.4 is 0 Å². The van der Waals surface area contributed by atoms with Gasteiger partial charge in [0.25, 0.3) is 0 Å². The standard InChI is InChI=1S/C8H7BrF2O/c9-2-1-5-3-6(10)4-7(11)8(5)12/h3-4,12H,1-2H2. The first-order chi connectivity index (χ1) is 5.65. The zero-order valence-corrected chi connectivity index (χ0v) is 7.74. The van der Waals surface area contributed by atoms with E-state index in [0.717, 1.165) is 6.07 Å². The summed E-state index contributed by atoms with van der Waals surface area (Å²) in [6.45, 7) is 0. The van der Waals surface area contributed by atoms with Gasteiger partial charge in [0.15, 0.2) is 11.6 Å². The van der Waals surface area contributed by atoms with Crippen molar-refractivity contribution in [1.29, 1.82) is 0 Å². The number of aromatic hydroxyl groups is 1. The minimum atomic E-state index is -0.911. The molecule has 0 heterocycles. The molecular weight excluding hydrogens is 230 g/mol. The van der Waals surface area contributed by atoms with E-state index in [1.807, 2.05) is 0 Å². The molecular formula is C8H7BrF2O. The molecule has 66 valence electrons. The number of halogens is 3. The summed E-state index contributed by atoms with van der Waals surface area (Å²) in [5, 5.41) is 9.65. The lowest BCUT2D eigenvalue weighted by Gasteiger charge is -2.02. The Morgan fingerprint density at radius 2 is 2.00 bits per heavy atom. The predicted octanol–water partition coefficient (Wildman–Crippen LogP) is 2.61. The zero-order valence-electron chi connectivity index (χ0n) is 6.15. The molecule has 0 bridgehead atoms. The number of hydrogen-bond acceptors (Lipinski definition) is 1. The van der Waals surface area contributed by atoms with Crippen molar-refractivity contribution in [3.05, 3.63) is 29.3 Å².